The van der Waals surface area contributed by atoms with Crippen LogP contribution in [0, 0.1) is 23.4 Å². The van der Waals surface area contributed by atoms with Crippen molar-refractivity contribution in [3.05, 3.63) is 53.3 Å². The molecule has 2 fully saturated rings. The fraction of sp³-hybridized carbons (Fsp3) is 0.300. The largest absolute Gasteiger partial charge is 0.323 e. The Hall–Kier alpha value is -2.92. The monoisotopic (exact) mass is 453 g/mol. The molecule has 1 spiro atoms. The molecule has 7 nitrogen and oxygen atoms in total. The lowest BCUT2D eigenvalue weighted by atomic mass is 9.82. The maximum atomic E-state index is 15.6. The Bertz CT molecular complexity index is 1200. The Morgan fingerprint density at radius 3 is 2.39 bits per heavy atom. The normalized spacial score (nSPS) is 23.3. The van der Waals surface area contributed by atoms with Crippen LogP contribution in [0.25, 0.3) is 11.1 Å². The second kappa shape index (κ2) is 7.34. The number of nitrogens with two attached hydrogens (primary N) is 1. The van der Waals surface area contributed by atoms with Gasteiger partial charge in [-0.1, -0.05) is 18.6 Å². The third-order valence-electron chi connectivity index (χ3n) is 5.94. The molecule has 2 atom stereocenters. The Morgan fingerprint density at radius 1 is 1.13 bits per heavy atom. The first kappa shape index (κ1) is 21.3. The number of halogens is 3. The fourth-order valence-electron chi connectivity index (χ4n) is 4.56. The first-order valence-electron chi connectivity index (χ1n) is 9.46. The van der Waals surface area contributed by atoms with Crippen LogP contribution in [-0.4, -0.2) is 25.9 Å². The van der Waals surface area contributed by atoms with Gasteiger partial charge in [0.2, 0.25) is 10.0 Å². The summed E-state index contributed by atoms with van der Waals surface area (Å²) in [5.41, 5.74) is -1.98. The van der Waals surface area contributed by atoms with E-state index in [9.17, 15) is 26.8 Å². The summed E-state index contributed by atoms with van der Waals surface area (Å²) < 4.78 is 67.9. The lowest BCUT2D eigenvalue weighted by Crippen LogP contribution is -2.50. The van der Waals surface area contributed by atoms with E-state index < -0.39 is 61.3 Å². The van der Waals surface area contributed by atoms with Crippen molar-refractivity contribution in [1.29, 1.82) is 0 Å². The number of hydrogen-bond acceptors (Lipinski definition) is 4. The van der Waals surface area contributed by atoms with Gasteiger partial charge in [0.25, 0.3) is 5.91 Å². The molecule has 0 radical (unpaired) electrons. The number of benzene rings is 2. The summed E-state index contributed by atoms with van der Waals surface area (Å²) >= 11 is 0. The summed E-state index contributed by atoms with van der Waals surface area (Å²) in [5.74, 6) is -4.15. The second-order valence-electron chi connectivity index (χ2n) is 7.75. The number of urea groups is 1. The zero-order valence-electron chi connectivity index (χ0n) is 16.0. The lowest BCUT2D eigenvalue weighted by molar-refractivity contribution is -0.125. The van der Waals surface area contributed by atoms with Gasteiger partial charge in [0.15, 0.2) is 0 Å². The smallest absolute Gasteiger partial charge is 0.322 e. The number of carbonyl (C=O) groups is 2. The Labute approximate surface area is 175 Å². The van der Waals surface area contributed by atoms with Crippen molar-refractivity contribution in [1.82, 2.24) is 10.6 Å². The topological polar surface area (TPSA) is 118 Å². The molecule has 3 amide bonds. The van der Waals surface area contributed by atoms with Crippen LogP contribution in [0.1, 0.15) is 24.8 Å². The first-order valence-corrected chi connectivity index (χ1v) is 11.0. The zero-order chi connectivity index (χ0) is 22.6. The number of rotatable bonds is 4. The van der Waals surface area contributed by atoms with Gasteiger partial charge in [0, 0.05) is 11.1 Å². The predicted octanol–water partition coefficient (Wildman–Crippen LogP) is 2.34. The van der Waals surface area contributed by atoms with E-state index in [1.807, 2.05) is 0 Å². The fourth-order valence-corrected chi connectivity index (χ4v) is 5.41. The van der Waals surface area contributed by atoms with Crippen molar-refractivity contribution >= 4 is 22.0 Å². The molecule has 2 unspecified atom stereocenters. The highest BCUT2D eigenvalue weighted by Crippen LogP contribution is 2.42. The minimum Gasteiger partial charge on any atom is -0.323 e. The van der Waals surface area contributed by atoms with Gasteiger partial charge in [0.05, 0.1) is 0 Å². The molecule has 2 aliphatic rings. The van der Waals surface area contributed by atoms with Gasteiger partial charge < -0.3 is 5.32 Å². The van der Waals surface area contributed by atoms with Crippen molar-refractivity contribution in [2.45, 2.75) is 36.1 Å². The van der Waals surface area contributed by atoms with Gasteiger partial charge in [-0.3, -0.25) is 10.1 Å². The molecule has 4 N–H and O–H groups in total. The van der Waals surface area contributed by atoms with Crippen LogP contribution < -0.4 is 15.8 Å². The zero-order valence-corrected chi connectivity index (χ0v) is 16.9. The summed E-state index contributed by atoms with van der Waals surface area (Å²) in [6.07, 6.45) is 0.823. The van der Waals surface area contributed by atoms with Gasteiger partial charge in [-0.05, 0) is 48.9 Å². The molecule has 1 saturated carbocycles. The number of primary sulfonamides is 1. The molecule has 11 heteroatoms. The number of hydrogen-bond donors (Lipinski definition) is 3. The highest BCUT2D eigenvalue weighted by atomic mass is 32.2. The van der Waals surface area contributed by atoms with Gasteiger partial charge >= 0.3 is 6.03 Å². The molecule has 0 aromatic heterocycles. The highest BCUT2D eigenvalue weighted by Gasteiger charge is 2.54. The van der Waals surface area contributed by atoms with Gasteiger partial charge in [-0.25, -0.2) is 31.5 Å². The summed E-state index contributed by atoms with van der Waals surface area (Å²) in [4.78, 5) is 23.1. The molecule has 2 aromatic carbocycles. The molecular formula is C20H18F3N3O4S. The number of carbonyl (C=O) groups excluding carboxylic acids is 2. The molecule has 1 saturated heterocycles. The van der Waals surface area contributed by atoms with E-state index in [-0.39, 0.29) is 24.0 Å². The minimum absolute atomic E-state index is 0.132. The number of sulfonamides is 1. The van der Waals surface area contributed by atoms with Crippen molar-refractivity contribution in [2.75, 3.05) is 0 Å². The Morgan fingerprint density at radius 2 is 1.81 bits per heavy atom. The molecular weight excluding hydrogens is 435 g/mol. The standard InChI is InChI=1S/C20H18F3N3O4S/c21-12-5-3-10(4-6-12)13-9-15(22)17(31(24,29)30)14(16(13)23)8-11-2-1-7-20(11)18(27)25-19(28)26-20/h3-6,9,11H,1-2,7-8H2,(H2,24,29,30)(H2,25,26,27,28). The number of imide groups is 1. The molecule has 164 valence electrons. The van der Waals surface area contributed by atoms with E-state index in [4.69, 9.17) is 5.14 Å². The summed E-state index contributed by atoms with van der Waals surface area (Å²) in [5, 5.41) is 9.87. The third-order valence-corrected chi connectivity index (χ3v) is 6.95. The summed E-state index contributed by atoms with van der Waals surface area (Å²) in [6, 6.07) is 4.58. The average molecular weight is 453 g/mol. The van der Waals surface area contributed by atoms with Gasteiger partial charge in [-0.15, -0.1) is 0 Å². The van der Waals surface area contributed by atoms with Crippen LogP contribution >= 0.6 is 0 Å². The molecule has 2 aromatic rings. The van der Waals surface area contributed by atoms with Crippen molar-refractivity contribution in [3.8, 4) is 11.1 Å². The predicted molar refractivity (Wildman–Crippen MR) is 104 cm³/mol. The number of nitrogens with one attached hydrogen (secondary N) is 2. The SMILES string of the molecule is NS(=O)(=O)c1c(F)cc(-c2ccc(F)cc2)c(F)c1CC1CCCC12NC(=O)NC2=O. The van der Waals surface area contributed by atoms with Crippen molar-refractivity contribution in [2.24, 2.45) is 11.1 Å². The molecule has 4 rings (SSSR count). The molecule has 0 bridgehead atoms. The van der Waals surface area contributed by atoms with E-state index in [1.165, 1.54) is 12.1 Å². The maximum absolute atomic E-state index is 15.6. The maximum Gasteiger partial charge on any atom is 0.322 e. The van der Waals surface area contributed by atoms with Crippen LogP contribution in [-0.2, 0) is 21.2 Å². The van der Waals surface area contributed by atoms with E-state index in [0.29, 0.717) is 18.9 Å². The van der Waals surface area contributed by atoms with E-state index in [0.717, 1.165) is 12.1 Å². The Balaban J connectivity index is 1.86. The first-order chi connectivity index (χ1) is 14.5. The van der Waals surface area contributed by atoms with Crippen molar-refractivity contribution < 1.29 is 31.2 Å². The van der Waals surface area contributed by atoms with E-state index in [1.54, 1.807) is 0 Å². The molecule has 1 aliphatic carbocycles. The van der Waals surface area contributed by atoms with Crippen LogP contribution in [0.15, 0.2) is 35.2 Å². The van der Waals surface area contributed by atoms with Crippen LogP contribution in [0.4, 0.5) is 18.0 Å². The quantitative estimate of drug-likeness (QED) is 0.616. The highest BCUT2D eigenvalue weighted by molar-refractivity contribution is 7.89. The second-order valence-corrected chi connectivity index (χ2v) is 9.25. The minimum atomic E-state index is -4.66. The van der Waals surface area contributed by atoms with Gasteiger partial charge in [0.1, 0.15) is 27.9 Å². The molecule has 31 heavy (non-hydrogen) atoms. The molecule has 1 heterocycles. The third kappa shape index (κ3) is 3.57. The molecule has 1 aliphatic heterocycles. The lowest BCUT2D eigenvalue weighted by Gasteiger charge is -2.29. The van der Waals surface area contributed by atoms with Crippen LogP contribution in [0.2, 0.25) is 0 Å². The van der Waals surface area contributed by atoms with Crippen molar-refractivity contribution in [3.63, 3.8) is 0 Å². The number of amides is 3. The van der Waals surface area contributed by atoms with Crippen LogP contribution in [0.3, 0.4) is 0 Å². The van der Waals surface area contributed by atoms with E-state index in [2.05, 4.69) is 10.6 Å². The Kier molecular flexibility index (Phi) is 5.05. The average Bonchev–Trinajstić information content (AvgIpc) is 3.20. The summed E-state index contributed by atoms with van der Waals surface area (Å²) in [7, 11) is -4.66. The van der Waals surface area contributed by atoms with Gasteiger partial charge in [-0.2, -0.15) is 0 Å². The van der Waals surface area contributed by atoms with Crippen LogP contribution in [0.5, 0.6) is 0 Å². The van der Waals surface area contributed by atoms with E-state index >= 15 is 4.39 Å². The summed E-state index contributed by atoms with van der Waals surface area (Å²) in [6.45, 7) is 0.